The predicted molar refractivity (Wildman–Crippen MR) is 106 cm³/mol. The van der Waals surface area contributed by atoms with Crippen molar-refractivity contribution < 1.29 is 14.3 Å². The van der Waals surface area contributed by atoms with Gasteiger partial charge in [0.15, 0.2) is 11.7 Å². The van der Waals surface area contributed by atoms with Crippen LogP contribution in [0.1, 0.15) is 19.8 Å². The Morgan fingerprint density at radius 3 is 2.69 bits per heavy atom. The molecule has 0 radical (unpaired) electrons. The molecule has 0 aliphatic rings. The van der Waals surface area contributed by atoms with Crippen LogP contribution in [0, 0.1) is 0 Å². The molecule has 7 heteroatoms. The summed E-state index contributed by atoms with van der Waals surface area (Å²) in [5.41, 5.74) is 0.826. The largest absolute Gasteiger partial charge is 0.494 e. The second-order valence-electron chi connectivity index (χ2n) is 5.64. The number of ether oxygens (including phenoxy) is 2. The quantitative estimate of drug-likeness (QED) is 0.540. The Labute approximate surface area is 160 Å². The molecular formula is C19H19ClN2O3S. The number of aromatic nitrogens is 1. The molecule has 3 rings (SSSR count). The van der Waals surface area contributed by atoms with Crippen molar-refractivity contribution in [1.82, 2.24) is 4.98 Å². The van der Waals surface area contributed by atoms with Crippen LogP contribution in [0.15, 0.2) is 42.5 Å². The zero-order chi connectivity index (χ0) is 18.4. The Hall–Kier alpha value is -2.31. The standard InChI is InChI=1S/C19H19ClN2O3S/c1-2-3-10-24-15-8-9-16-17(11-15)26-19(21-16)22-18(23)12-25-14-6-4-13(20)5-7-14/h4-9,11H,2-3,10,12H2,1H3,(H,21,22,23). The number of benzene rings is 2. The molecule has 0 saturated heterocycles. The lowest BCUT2D eigenvalue weighted by Crippen LogP contribution is -2.19. The number of nitrogens with zero attached hydrogens (tertiary/aromatic N) is 1. The Balaban J connectivity index is 1.57. The molecule has 5 nitrogen and oxygen atoms in total. The zero-order valence-corrected chi connectivity index (χ0v) is 15.9. The topological polar surface area (TPSA) is 60.5 Å². The number of rotatable bonds is 8. The Morgan fingerprint density at radius 2 is 1.92 bits per heavy atom. The van der Waals surface area contributed by atoms with E-state index in [0.29, 0.717) is 22.5 Å². The molecule has 0 aliphatic carbocycles. The van der Waals surface area contributed by atoms with Gasteiger partial charge in [0.05, 0.1) is 16.8 Å². The van der Waals surface area contributed by atoms with Crippen molar-refractivity contribution in [3.8, 4) is 11.5 Å². The van der Waals surface area contributed by atoms with Gasteiger partial charge in [0.2, 0.25) is 0 Å². The van der Waals surface area contributed by atoms with Crippen LogP contribution in [0.3, 0.4) is 0 Å². The van der Waals surface area contributed by atoms with E-state index in [2.05, 4.69) is 17.2 Å². The van der Waals surface area contributed by atoms with Gasteiger partial charge in [0.1, 0.15) is 11.5 Å². The first-order chi connectivity index (χ1) is 12.6. The van der Waals surface area contributed by atoms with Crippen LogP contribution >= 0.6 is 22.9 Å². The lowest BCUT2D eigenvalue weighted by molar-refractivity contribution is -0.118. The molecule has 0 aliphatic heterocycles. The summed E-state index contributed by atoms with van der Waals surface area (Å²) in [6.45, 7) is 2.73. The number of amides is 1. The summed E-state index contributed by atoms with van der Waals surface area (Å²) in [6, 6.07) is 12.6. The van der Waals surface area contributed by atoms with Crippen molar-refractivity contribution in [1.29, 1.82) is 0 Å². The van der Waals surface area contributed by atoms with E-state index in [-0.39, 0.29) is 12.5 Å². The molecule has 1 heterocycles. The van der Waals surface area contributed by atoms with Gasteiger partial charge in [-0.05, 0) is 48.9 Å². The number of nitrogens with one attached hydrogen (secondary N) is 1. The molecule has 0 spiro atoms. The third-order valence-corrected chi connectivity index (χ3v) is 4.74. The third kappa shape index (κ3) is 5.09. The highest BCUT2D eigenvalue weighted by Crippen LogP contribution is 2.29. The van der Waals surface area contributed by atoms with Gasteiger partial charge in [-0.2, -0.15) is 0 Å². The smallest absolute Gasteiger partial charge is 0.264 e. The summed E-state index contributed by atoms with van der Waals surface area (Å²) in [4.78, 5) is 16.5. The first-order valence-corrected chi connectivity index (χ1v) is 9.55. The van der Waals surface area contributed by atoms with Gasteiger partial charge in [-0.15, -0.1) is 0 Å². The fourth-order valence-electron chi connectivity index (χ4n) is 2.22. The molecule has 0 fully saturated rings. The number of hydrogen-bond donors (Lipinski definition) is 1. The second-order valence-corrected chi connectivity index (χ2v) is 7.11. The fourth-order valence-corrected chi connectivity index (χ4v) is 3.25. The van der Waals surface area contributed by atoms with Crippen LogP contribution in [-0.2, 0) is 4.79 Å². The molecule has 2 aromatic carbocycles. The highest BCUT2D eigenvalue weighted by molar-refractivity contribution is 7.22. The predicted octanol–water partition coefficient (Wildman–Crippen LogP) is 5.15. The van der Waals surface area contributed by atoms with Crippen LogP contribution in [0.4, 0.5) is 5.13 Å². The summed E-state index contributed by atoms with van der Waals surface area (Å²) in [5.74, 6) is 1.14. The third-order valence-electron chi connectivity index (χ3n) is 3.56. The van der Waals surface area contributed by atoms with Crippen LogP contribution < -0.4 is 14.8 Å². The number of hydrogen-bond acceptors (Lipinski definition) is 5. The minimum absolute atomic E-state index is 0.0943. The molecule has 0 saturated carbocycles. The molecule has 26 heavy (non-hydrogen) atoms. The van der Waals surface area contributed by atoms with E-state index in [9.17, 15) is 4.79 Å². The molecule has 3 aromatic rings. The number of fused-ring (bicyclic) bond motifs is 1. The number of carbonyl (C=O) groups is 1. The first-order valence-electron chi connectivity index (χ1n) is 8.35. The maximum Gasteiger partial charge on any atom is 0.264 e. The Kier molecular flexibility index (Phi) is 6.30. The summed E-state index contributed by atoms with van der Waals surface area (Å²) in [5, 5.41) is 3.92. The van der Waals surface area contributed by atoms with Crippen LogP contribution in [-0.4, -0.2) is 24.1 Å². The average Bonchev–Trinajstić information content (AvgIpc) is 3.03. The van der Waals surface area contributed by atoms with Gasteiger partial charge in [-0.25, -0.2) is 4.98 Å². The normalized spacial score (nSPS) is 10.7. The number of unbranched alkanes of at least 4 members (excludes halogenated alkanes) is 1. The summed E-state index contributed by atoms with van der Waals surface area (Å²) in [7, 11) is 0. The average molecular weight is 391 g/mol. The molecule has 0 atom stereocenters. The van der Waals surface area contributed by atoms with E-state index in [1.807, 2.05) is 18.2 Å². The van der Waals surface area contributed by atoms with Gasteiger partial charge in [0, 0.05) is 5.02 Å². The minimum Gasteiger partial charge on any atom is -0.494 e. The highest BCUT2D eigenvalue weighted by atomic mass is 35.5. The van der Waals surface area contributed by atoms with Gasteiger partial charge in [-0.3, -0.25) is 10.1 Å². The maximum absolute atomic E-state index is 12.1. The van der Waals surface area contributed by atoms with E-state index in [1.54, 1.807) is 24.3 Å². The summed E-state index contributed by atoms with van der Waals surface area (Å²) < 4.78 is 12.1. The van der Waals surface area contributed by atoms with Gasteiger partial charge >= 0.3 is 0 Å². The summed E-state index contributed by atoms with van der Waals surface area (Å²) in [6.07, 6.45) is 2.12. The van der Waals surface area contributed by atoms with Gasteiger partial charge in [-0.1, -0.05) is 36.3 Å². The number of halogens is 1. The lowest BCUT2D eigenvalue weighted by Gasteiger charge is -2.05. The van der Waals surface area contributed by atoms with Crippen LogP contribution in [0.25, 0.3) is 10.2 Å². The summed E-state index contributed by atoms with van der Waals surface area (Å²) >= 11 is 7.22. The lowest BCUT2D eigenvalue weighted by atomic mass is 10.3. The maximum atomic E-state index is 12.1. The van der Waals surface area contributed by atoms with E-state index in [0.717, 1.165) is 28.8 Å². The van der Waals surface area contributed by atoms with E-state index in [4.69, 9.17) is 21.1 Å². The van der Waals surface area contributed by atoms with Gasteiger partial charge < -0.3 is 9.47 Å². The molecular weight excluding hydrogens is 372 g/mol. The molecule has 0 bridgehead atoms. The molecule has 1 aromatic heterocycles. The minimum atomic E-state index is -0.265. The van der Waals surface area contributed by atoms with Crippen molar-refractivity contribution >= 4 is 44.2 Å². The van der Waals surface area contributed by atoms with Crippen molar-refractivity contribution in [2.75, 3.05) is 18.5 Å². The number of thiazole rings is 1. The molecule has 136 valence electrons. The highest BCUT2D eigenvalue weighted by Gasteiger charge is 2.09. The Morgan fingerprint density at radius 1 is 1.15 bits per heavy atom. The molecule has 0 unspecified atom stereocenters. The van der Waals surface area contributed by atoms with Crippen LogP contribution in [0.2, 0.25) is 5.02 Å². The van der Waals surface area contributed by atoms with Gasteiger partial charge in [0.25, 0.3) is 5.91 Å². The zero-order valence-electron chi connectivity index (χ0n) is 14.3. The van der Waals surface area contributed by atoms with Crippen molar-refractivity contribution in [2.24, 2.45) is 0 Å². The van der Waals surface area contributed by atoms with Crippen molar-refractivity contribution in [3.63, 3.8) is 0 Å². The second kappa shape index (κ2) is 8.87. The first kappa shape index (κ1) is 18.5. The Bertz CT molecular complexity index is 880. The van der Waals surface area contributed by atoms with Crippen molar-refractivity contribution in [3.05, 3.63) is 47.5 Å². The van der Waals surface area contributed by atoms with E-state index < -0.39 is 0 Å². The monoisotopic (exact) mass is 390 g/mol. The fraction of sp³-hybridized carbons (Fsp3) is 0.263. The van der Waals surface area contributed by atoms with E-state index in [1.165, 1.54) is 11.3 Å². The number of carbonyl (C=O) groups excluding carboxylic acids is 1. The number of anilines is 1. The molecule has 1 amide bonds. The van der Waals surface area contributed by atoms with E-state index >= 15 is 0 Å². The van der Waals surface area contributed by atoms with Crippen molar-refractivity contribution in [2.45, 2.75) is 19.8 Å². The van der Waals surface area contributed by atoms with Crippen LogP contribution in [0.5, 0.6) is 11.5 Å². The molecule has 1 N–H and O–H groups in total. The SMILES string of the molecule is CCCCOc1ccc2nc(NC(=O)COc3ccc(Cl)cc3)sc2c1.